The van der Waals surface area contributed by atoms with Crippen molar-refractivity contribution in [2.45, 2.75) is 20.3 Å². The highest BCUT2D eigenvalue weighted by atomic mass is 16.5. The summed E-state index contributed by atoms with van der Waals surface area (Å²) in [5, 5.41) is 17.7. The van der Waals surface area contributed by atoms with E-state index in [0.29, 0.717) is 22.6 Å². The normalized spacial score (nSPS) is 10.9. The SMILES string of the molecule is Cc1cc(C)c2c(CC(=O)Nc3oc(-c4ccccc4)c(-c4ccccc4)c3C#N)noc2c1. The number of nitrogens with one attached hydrogen (secondary N) is 1. The van der Waals surface area contributed by atoms with Crippen molar-refractivity contribution in [3.05, 3.63) is 95.2 Å². The highest BCUT2D eigenvalue weighted by Gasteiger charge is 2.25. The minimum atomic E-state index is -0.348. The van der Waals surface area contributed by atoms with Gasteiger partial charge in [0.15, 0.2) is 5.58 Å². The van der Waals surface area contributed by atoms with Gasteiger partial charge in [-0.15, -0.1) is 0 Å². The number of fused-ring (bicyclic) bond motifs is 1. The van der Waals surface area contributed by atoms with Crippen molar-refractivity contribution in [2.75, 3.05) is 5.32 Å². The number of aryl methyl sites for hydroxylation is 2. The molecule has 0 unspecified atom stereocenters. The maximum atomic E-state index is 13.0. The van der Waals surface area contributed by atoms with Gasteiger partial charge < -0.3 is 8.94 Å². The summed E-state index contributed by atoms with van der Waals surface area (Å²) in [6.45, 7) is 3.95. The van der Waals surface area contributed by atoms with Gasteiger partial charge in [-0.2, -0.15) is 5.26 Å². The largest absolute Gasteiger partial charge is 0.438 e. The summed E-state index contributed by atoms with van der Waals surface area (Å²) in [4.78, 5) is 13.0. The van der Waals surface area contributed by atoms with Crippen LogP contribution in [-0.4, -0.2) is 11.1 Å². The Bertz CT molecular complexity index is 1540. The number of carbonyl (C=O) groups excluding carboxylic acids is 1. The molecule has 34 heavy (non-hydrogen) atoms. The first-order valence-electron chi connectivity index (χ1n) is 10.9. The van der Waals surface area contributed by atoms with E-state index < -0.39 is 0 Å². The molecule has 2 aromatic heterocycles. The molecule has 0 fully saturated rings. The molecule has 0 aliphatic carbocycles. The highest BCUT2D eigenvalue weighted by Crippen LogP contribution is 2.41. The molecule has 1 amide bonds. The lowest BCUT2D eigenvalue weighted by molar-refractivity contribution is -0.115. The van der Waals surface area contributed by atoms with Crippen molar-refractivity contribution in [1.29, 1.82) is 5.26 Å². The van der Waals surface area contributed by atoms with Gasteiger partial charge >= 0.3 is 0 Å². The van der Waals surface area contributed by atoms with E-state index in [2.05, 4.69) is 16.5 Å². The van der Waals surface area contributed by atoms with Gasteiger partial charge in [0.2, 0.25) is 11.8 Å². The second kappa shape index (κ2) is 8.72. The summed E-state index contributed by atoms with van der Waals surface area (Å²) in [6, 6.07) is 25.2. The van der Waals surface area contributed by atoms with Crippen molar-refractivity contribution in [3.63, 3.8) is 0 Å². The molecule has 1 N–H and O–H groups in total. The summed E-state index contributed by atoms with van der Waals surface area (Å²) >= 11 is 0. The monoisotopic (exact) mass is 447 g/mol. The average Bonchev–Trinajstić information content (AvgIpc) is 3.41. The van der Waals surface area contributed by atoms with Crippen LogP contribution in [0.15, 0.2) is 81.7 Å². The van der Waals surface area contributed by atoms with Crippen LogP contribution >= 0.6 is 0 Å². The van der Waals surface area contributed by atoms with E-state index in [1.165, 1.54) is 0 Å². The zero-order valence-electron chi connectivity index (χ0n) is 18.8. The minimum absolute atomic E-state index is 0.0101. The molecule has 166 valence electrons. The second-order valence-corrected chi connectivity index (χ2v) is 8.16. The smallest absolute Gasteiger partial charge is 0.232 e. The molecule has 0 atom stereocenters. The van der Waals surface area contributed by atoms with E-state index in [1.807, 2.05) is 86.6 Å². The summed E-state index contributed by atoms with van der Waals surface area (Å²) in [5.41, 5.74) is 5.80. The Morgan fingerprint density at radius 2 is 1.68 bits per heavy atom. The number of nitriles is 1. The molecule has 0 bridgehead atoms. The van der Waals surface area contributed by atoms with Crippen LogP contribution in [0.2, 0.25) is 0 Å². The fourth-order valence-electron chi connectivity index (χ4n) is 4.26. The Labute approximate surface area is 196 Å². The Hall–Kier alpha value is -4.63. The molecular weight excluding hydrogens is 426 g/mol. The third kappa shape index (κ3) is 3.84. The molecule has 0 saturated carbocycles. The number of benzene rings is 3. The number of furan rings is 1. The Kier molecular flexibility index (Phi) is 5.44. The summed E-state index contributed by atoms with van der Waals surface area (Å²) in [7, 11) is 0. The van der Waals surface area contributed by atoms with E-state index in [0.717, 1.165) is 27.6 Å². The Morgan fingerprint density at radius 3 is 2.35 bits per heavy atom. The van der Waals surface area contributed by atoms with Crippen LogP contribution in [0.1, 0.15) is 22.4 Å². The lowest BCUT2D eigenvalue weighted by atomic mass is 9.98. The van der Waals surface area contributed by atoms with Crippen LogP contribution in [0.3, 0.4) is 0 Å². The number of hydrogen-bond acceptors (Lipinski definition) is 5. The molecule has 0 spiro atoms. The Morgan fingerprint density at radius 1 is 1.00 bits per heavy atom. The highest BCUT2D eigenvalue weighted by molar-refractivity contribution is 5.98. The van der Waals surface area contributed by atoms with Crippen molar-refractivity contribution >= 4 is 22.8 Å². The fourth-order valence-corrected chi connectivity index (χ4v) is 4.26. The van der Waals surface area contributed by atoms with E-state index in [9.17, 15) is 10.1 Å². The maximum Gasteiger partial charge on any atom is 0.232 e. The molecule has 6 nitrogen and oxygen atoms in total. The molecule has 6 heteroatoms. The van der Waals surface area contributed by atoms with Gasteiger partial charge in [0.1, 0.15) is 23.1 Å². The molecule has 5 rings (SSSR count). The molecule has 5 aromatic rings. The predicted molar refractivity (Wildman–Crippen MR) is 130 cm³/mol. The quantitative estimate of drug-likeness (QED) is 0.335. The van der Waals surface area contributed by atoms with E-state index in [4.69, 9.17) is 8.94 Å². The van der Waals surface area contributed by atoms with Gasteiger partial charge in [-0.05, 0) is 36.6 Å². The molecule has 0 aliphatic rings. The predicted octanol–water partition coefficient (Wildman–Crippen LogP) is 6.42. The van der Waals surface area contributed by atoms with Crippen molar-refractivity contribution in [2.24, 2.45) is 0 Å². The van der Waals surface area contributed by atoms with E-state index >= 15 is 0 Å². The molecule has 0 saturated heterocycles. The average molecular weight is 447 g/mol. The van der Waals surface area contributed by atoms with Crippen LogP contribution in [0, 0.1) is 25.2 Å². The lowest BCUT2D eigenvalue weighted by Gasteiger charge is -2.03. The fraction of sp³-hybridized carbons (Fsp3) is 0.107. The number of anilines is 1. The van der Waals surface area contributed by atoms with Crippen molar-refractivity contribution in [1.82, 2.24) is 5.16 Å². The molecule has 0 aliphatic heterocycles. The van der Waals surface area contributed by atoms with Crippen LogP contribution in [0.25, 0.3) is 33.4 Å². The van der Waals surface area contributed by atoms with Gasteiger partial charge in [0.05, 0.1) is 6.42 Å². The van der Waals surface area contributed by atoms with Crippen LogP contribution in [0.4, 0.5) is 5.88 Å². The first kappa shape index (κ1) is 21.2. The van der Waals surface area contributed by atoms with E-state index in [-0.39, 0.29) is 23.8 Å². The maximum absolute atomic E-state index is 13.0. The number of carbonyl (C=O) groups is 1. The van der Waals surface area contributed by atoms with Gasteiger partial charge in [-0.1, -0.05) is 71.9 Å². The topological polar surface area (TPSA) is 92.1 Å². The van der Waals surface area contributed by atoms with Gasteiger partial charge in [0.25, 0.3) is 0 Å². The number of rotatable bonds is 5. The number of nitrogens with zero attached hydrogens (tertiary/aromatic N) is 2. The summed E-state index contributed by atoms with van der Waals surface area (Å²) in [5.74, 6) is 0.294. The third-order valence-electron chi connectivity index (χ3n) is 5.69. The number of amides is 1. The van der Waals surface area contributed by atoms with Crippen LogP contribution in [0.5, 0.6) is 0 Å². The zero-order valence-corrected chi connectivity index (χ0v) is 18.8. The van der Waals surface area contributed by atoms with Crippen LogP contribution in [-0.2, 0) is 11.2 Å². The van der Waals surface area contributed by atoms with E-state index in [1.54, 1.807) is 0 Å². The first-order chi connectivity index (χ1) is 16.5. The first-order valence-corrected chi connectivity index (χ1v) is 10.9. The minimum Gasteiger partial charge on any atom is -0.438 e. The summed E-state index contributed by atoms with van der Waals surface area (Å²) in [6.07, 6.45) is -0.0101. The van der Waals surface area contributed by atoms with Crippen molar-refractivity contribution < 1.29 is 13.7 Å². The van der Waals surface area contributed by atoms with Gasteiger partial charge in [-0.25, -0.2) is 0 Å². The molecular formula is C28H21N3O3. The number of aromatic nitrogens is 1. The Balaban J connectivity index is 1.53. The molecule has 2 heterocycles. The van der Waals surface area contributed by atoms with Gasteiger partial charge in [-0.3, -0.25) is 10.1 Å². The number of hydrogen-bond donors (Lipinski definition) is 1. The summed E-state index contributed by atoms with van der Waals surface area (Å²) < 4.78 is 11.5. The standard InChI is InChI=1S/C28H21N3O3/c1-17-13-18(2)25-22(31-34-23(25)14-17)15-24(32)30-28-21(16-29)26(19-9-5-3-6-10-19)27(33-28)20-11-7-4-8-12-20/h3-14H,15H2,1-2H3,(H,30,32). The second-order valence-electron chi connectivity index (χ2n) is 8.16. The molecule has 0 radical (unpaired) electrons. The lowest BCUT2D eigenvalue weighted by Crippen LogP contribution is -2.15. The zero-order chi connectivity index (χ0) is 23.7. The third-order valence-corrected chi connectivity index (χ3v) is 5.69. The molecule has 3 aromatic carbocycles. The van der Waals surface area contributed by atoms with Crippen molar-refractivity contribution in [3.8, 4) is 28.5 Å². The van der Waals surface area contributed by atoms with Gasteiger partial charge in [0, 0.05) is 16.5 Å². The van der Waals surface area contributed by atoms with Crippen LogP contribution < -0.4 is 5.32 Å².